The van der Waals surface area contributed by atoms with Crippen LogP contribution in [0.1, 0.15) is 39.2 Å². The molecular formula is C16H27NO2. The number of benzene rings is 1. The lowest BCUT2D eigenvalue weighted by Crippen LogP contribution is -2.22. The van der Waals surface area contributed by atoms with Crippen molar-refractivity contribution in [2.75, 3.05) is 25.6 Å². The molecule has 0 radical (unpaired) electrons. The number of aliphatic hydroxyl groups excluding tert-OH is 1. The van der Waals surface area contributed by atoms with Gasteiger partial charge in [-0.2, -0.15) is 0 Å². The third-order valence-electron chi connectivity index (χ3n) is 3.64. The van der Waals surface area contributed by atoms with E-state index in [1.54, 1.807) is 7.11 Å². The van der Waals surface area contributed by atoms with Crippen LogP contribution in [0.15, 0.2) is 18.2 Å². The number of methoxy groups -OCH3 is 1. The molecule has 3 nitrogen and oxygen atoms in total. The van der Waals surface area contributed by atoms with Gasteiger partial charge >= 0.3 is 0 Å². The van der Waals surface area contributed by atoms with Crippen molar-refractivity contribution in [3.05, 3.63) is 23.8 Å². The van der Waals surface area contributed by atoms with Gasteiger partial charge in [-0.15, -0.1) is 0 Å². The highest BCUT2D eigenvalue weighted by atomic mass is 16.5. The largest absolute Gasteiger partial charge is 0.497 e. The zero-order chi connectivity index (χ0) is 14.3. The lowest BCUT2D eigenvalue weighted by atomic mass is 9.90. The van der Waals surface area contributed by atoms with Crippen LogP contribution in [0.25, 0.3) is 0 Å². The fourth-order valence-corrected chi connectivity index (χ4v) is 1.79. The first-order chi connectivity index (χ1) is 9.02. The summed E-state index contributed by atoms with van der Waals surface area (Å²) in [5, 5.41) is 12.5. The Bertz CT molecular complexity index is 388. The number of anilines is 1. The van der Waals surface area contributed by atoms with Crippen LogP contribution in [0, 0.1) is 5.41 Å². The van der Waals surface area contributed by atoms with Crippen molar-refractivity contribution >= 4 is 5.69 Å². The van der Waals surface area contributed by atoms with Gasteiger partial charge in [-0.25, -0.2) is 0 Å². The highest BCUT2D eigenvalue weighted by Crippen LogP contribution is 2.26. The number of aryl methyl sites for hydroxylation is 1. The minimum Gasteiger partial charge on any atom is -0.497 e. The van der Waals surface area contributed by atoms with Gasteiger partial charge in [-0.1, -0.05) is 26.8 Å². The predicted octanol–water partition coefficient (Wildman–Crippen LogP) is 3.47. The first-order valence-electron chi connectivity index (χ1n) is 7.04. The summed E-state index contributed by atoms with van der Waals surface area (Å²) < 4.78 is 5.28. The van der Waals surface area contributed by atoms with Crippen LogP contribution in [0.2, 0.25) is 0 Å². The summed E-state index contributed by atoms with van der Waals surface area (Å²) in [6, 6.07) is 6.09. The van der Waals surface area contributed by atoms with Gasteiger partial charge in [0.2, 0.25) is 0 Å². The van der Waals surface area contributed by atoms with Crippen LogP contribution in [0.4, 0.5) is 5.69 Å². The Hall–Kier alpha value is -1.22. The summed E-state index contributed by atoms with van der Waals surface area (Å²) >= 11 is 0. The van der Waals surface area contributed by atoms with E-state index in [2.05, 4.69) is 32.2 Å². The second-order valence-corrected chi connectivity index (χ2v) is 5.72. The molecule has 0 saturated heterocycles. The lowest BCUT2D eigenvalue weighted by molar-refractivity contribution is 0.288. The molecule has 1 rings (SSSR count). The van der Waals surface area contributed by atoms with Gasteiger partial charge in [0.1, 0.15) is 5.75 Å². The number of hydrogen-bond acceptors (Lipinski definition) is 3. The van der Waals surface area contributed by atoms with Crippen LogP contribution in [0.5, 0.6) is 5.75 Å². The van der Waals surface area contributed by atoms with Crippen molar-refractivity contribution in [1.82, 2.24) is 0 Å². The second kappa shape index (κ2) is 7.39. The summed E-state index contributed by atoms with van der Waals surface area (Å²) in [5.74, 6) is 0.865. The summed E-state index contributed by atoms with van der Waals surface area (Å²) in [6.45, 7) is 7.88. The van der Waals surface area contributed by atoms with Gasteiger partial charge in [0.05, 0.1) is 7.11 Å². The molecular weight excluding hydrogens is 238 g/mol. The highest BCUT2D eigenvalue weighted by Gasteiger charge is 2.15. The molecule has 0 amide bonds. The van der Waals surface area contributed by atoms with Crippen LogP contribution >= 0.6 is 0 Å². The Balaban J connectivity index is 2.82. The zero-order valence-electron chi connectivity index (χ0n) is 12.6. The van der Waals surface area contributed by atoms with Crippen molar-refractivity contribution < 1.29 is 9.84 Å². The Labute approximate surface area is 117 Å². The molecule has 1 aromatic carbocycles. The van der Waals surface area contributed by atoms with Gasteiger partial charge in [0, 0.05) is 24.9 Å². The topological polar surface area (TPSA) is 41.5 Å². The van der Waals surface area contributed by atoms with Gasteiger partial charge in [0.15, 0.2) is 0 Å². The van der Waals surface area contributed by atoms with Gasteiger partial charge in [-0.3, -0.25) is 0 Å². The molecule has 108 valence electrons. The molecule has 0 aliphatic rings. The minimum atomic E-state index is 0.228. The van der Waals surface area contributed by atoms with Crippen LogP contribution in [-0.2, 0) is 6.42 Å². The van der Waals surface area contributed by atoms with Gasteiger partial charge in [-0.05, 0) is 36.3 Å². The summed E-state index contributed by atoms with van der Waals surface area (Å²) in [4.78, 5) is 0. The Morgan fingerprint density at radius 1 is 1.32 bits per heavy atom. The summed E-state index contributed by atoms with van der Waals surface area (Å²) in [6.07, 6.45) is 2.81. The van der Waals surface area contributed by atoms with E-state index in [9.17, 15) is 0 Å². The second-order valence-electron chi connectivity index (χ2n) is 5.72. The molecule has 0 unspecified atom stereocenters. The van der Waals surface area contributed by atoms with Crippen LogP contribution < -0.4 is 10.1 Å². The molecule has 1 aromatic rings. The van der Waals surface area contributed by atoms with Crippen molar-refractivity contribution in [2.24, 2.45) is 5.41 Å². The standard InChI is InChI=1S/C16H27NO2/c1-5-16(2,3)12-17-15-11-14(19-4)9-8-13(15)7-6-10-18/h8-9,11,17-18H,5-7,10,12H2,1-4H3. The molecule has 0 atom stereocenters. The predicted molar refractivity (Wildman–Crippen MR) is 81.0 cm³/mol. The van der Waals surface area contributed by atoms with E-state index in [0.717, 1.165) is 37.2 Å². The smallest absolute Gasteiger partial charge is 0.120 e. The van der Waals surface area contributed by atoms with E-state index in [0.29, 0.717) is 0 Å². The molecule has 0 aromatic heterocycles. The number of aliphatic hydroxyl groups is 1. The molecule has 2 N–H and O–H groups in total. The molecule has 3 heteroatoms. The Morgan fingerprint density at radius 2 is 2.05 bits per heavy atom. The number of nitrogens with one attached hydrogen (secondary N) is 1. The highest BCUT2D eigenvalue weighted by molar-refractivity contribution is 5.55. The molecule has 19 heavy (non-hydrogen) atoms. The minimum absolute atomic E-state index is 0.228. The molecule has 0 aliphatic carbocycles. The Morgan fingerprint density at radius 3 is 2.63 bits per heavy atom. The van der Waals surface area contributed by atoms with E-state index in [-0.39, 0.29) is 12.0 Å². The van der Waals surface area contributed by atoms with E-state index >= 15 is 0 Å². The fourth-order valence-electron chi connectivity index (χ4n) is 1.79. The third-order valence-corrected chi connectivity index (χ3v) is 3.64. The van der Waals surface area contributed by atoms with Crippen molar-refractivity contribution in [3.63, 3.8) is 0 Å². The van der Waals surface area contributed by atoms with E-state index in [1.165, 1.54) is 5.56 Å². The molecule has 0 aliphatic heterocycles. The molecule has 0 bridgehead atoms. The molecule has 0 fully saturated rings. The van der Waals surface area contributed by atoms with E-state index < -0.39 is 0 Å². The first kappa shape index (κ1) is 15.8. The maximum atomic E-state index is 8.97. The molecule has 0 saturated carbocycles. The zero-order valence-corrected chi connectivity index (χ0v) is 12.6. The number of rotatable bonds is 8. The third kappa shape index (κ3) is 5.11. The maximum Gasteiger partial charge on any atom is 0.120 e. The van der Waals surface area contributed by atoms with Gasteiger partial charge in [0.25, 0.3) is 0 Å². The number of hydrogen-bond donors (Lipinski definition) is 2. The van der Waals surface area contributed by atoms with Crippen molar-refractivity contribution in [1.29, 1.82) is 0 Å². The van der Waals surface area contributed by atoms with Gasteiger partial charge < -0.3 is 15.2 Å². The maximum absolute atomic E-state index is 8.97. The average molecular weight is 265 g/mol. The Kier molecular flexibility index (Phi) is 6.16. The normalized spacial score (nSPS) is 11.4. The van der Waals surface area contributed by atoms with E-state index in [1.807, 2.05) is 12.1 Å². The van der Waals surface area contributed by atoms with Crippen LogP contribution in [-0.4, -0.2) is 25.4 Å². The summed E-state index contributed by atoms with van der Waals surface area (Å²) in [5.41, 5.74) is 2.63. The fraction of sp³-hybridized carbons (Fsp3) is 0.625. The lowest BCUT2D eigenvalue weighted by Gasteiger charge is -2.24. The molecule has 0 heterocycles. The quantitative estimate of drug-likeness (QED) is 0.756. The van der Waals surface area contributed by atoms with Crippen LogP contribution in [0.3, 0.4) is 0 Å². The first-order valence-corrected chi connectivity index (χ1v) is 7.04. The average Bonchev–Trinajstić information content (AvgIpc) is 2.43. The monoisotopic (exact) mass is 265 g/mol. The summed E-state index contributed by atoms with van der Waals surface area (Å²) in [7, 11) is 1.68. The molecule has 0 spiro atoms. The number of ether oxygens (including phenoxy) is 1. The van der Waals surface area contributed by atoms with Crippen molar-refractivity contribution in [2.45, 2.75) is 40.0 Å². The van der Waals surface area contributed by atoms with Crippen molar-refractivity contribution in [3.8, 4) is 5.75 Å². The van der Waals surface area contributed by atoms with E-state index in [4.69, 9.17) is 9.84 Å². The SMILES string of the molecule is CCC(C)(C)CNc1cc(OC)ccc1CCCO.